The van der Waals surface area contributed by atoms with Gasteiger partial charge in [-0.2, -0.15) is 0 Å². The molecule has 0 saturated heterocycles. The van der Waals surface area contributed by atoms with Gasteiger partial charge in [-0.1, -0.05) is 22.9 Å². The molecule has 1 unspecified atom stereocenters. The lowest BCUT2D eigenvalue weighted by Crippen LogP contribution is -2.17. The number of alkyl halides is 1. The molecule has 0 fully saturated rings. The molecule has 4 heteroatoms. The zero-order valence-electron chi connectivity index (χ0n) is 9.27. The molecule has 0 aliphatic carbocycles. The van der Waals surface area contributed by atoms with Crippen molar-refractivity contribution in [1.82, 2.24) is 5.32 Å². The lowest BCUT2D eigenvalue weighted by atomic mass is 10.2. The Balaban J connectivity index is 2.32. The van der Waals surface area contributed by atoms with E-state index in [0.29, 0.717) is 6.54 Å². The molecule has 1 atom stereocenters. The van der Waals surface area contributed by atoms with Crippen LogP contribution in [0.5, 0.6) is 0 Å². The Kier molecular flexibility index (Phi) is 6.32. The molecule has 0 aliphatic rings. The first kappa shape index (κ1) is 13.9. The third kappa shape index (κ3) is 5.28. The van der Waals surface area contributed by atoms with Crippen molar-refractivity contribution in [2.24, 2.45) is 0 Å². The highest BCUT2D eigenvalue weighted by molar-refractivity contribution is 9.10. The van der Waals surface area contributed by atoms with E-state index in [1.807, 2.05) is 6.07 Å². The number of rotatable bonds is 6. The third-order valence-electron chi connectivity index (χ3n) is 2.33. The number of hydrogen-bond donors (Lipinski definition) is 1. The van der Waals surface area contributed by atoms with Gasteiger partial charge >= 0.3 is 0 Å². The fourth-order valence-electron chi connectivity index (χ4n) is 1.41. The van der Waals surface area contributed by atoms with Gasteiger partial charge in [-0.25, -0.2) is 4.39 Å². The van der Waals surface area contributed by atoms with E-state index in [9.17, 15) is 4.39 Å². The van der Waals surface area contributed by atoms with Crippen molar-refractivity contribution in [3.63, 3.8) is 0 Å². The Labute approximate surface area is 110 Å². The lowest BCUT2D eigenvalue weighted by Gasteiger charge is -2.08. The highest BCUT2D eigenvalue weighted by Gasteiger charge is 2.01. The summed E-state index contributed by atoms with van der Waals surface area (Å²) in [7, 11) is 0. The molecule has 0 heterocycles. The van der Waals surface area contributed by atoms with Crippen LogP contribution < -0.4 is 5.32 Å². The minimum Gasteiger partial charge on any atom is -0.313 e. The van der Waals surface area contributed by atoms with E-state index in [0.717, 1.165) is 29.4 Å². The van der Waals surface area contributed by atoms with Crippen molar-refractivity contribution in [2.75, 3.05) is 6.54 Å². The quantitative estimate of drug-likeness (QED) is 0.616. The average Bonchev–Trinajstić information content (AvgIpc) is 2.22. The van der Waals surface area contributed by atoms with Crippen LogP contribution in [0.3, 0.4) is 0 Å². The van der Waals surface area contributed by atoms with Crippen LogP contribution in [-0.2, 0) is 6.54 Å². The second-order valence-electron chi connectivity index (χ2n) is 3.75. The van der Waals surface area contributed by atoms with Crippen LogP contribution in [0.4, 0.5) is 4.39 Å². The summed E-state index contributed by atoms with van der Waals surface area (Å²) in [4.78, 5) is 0. The third-order valence-corrected chi connectivity index (χ3v) is 3.31. The zero-order chi connectivity index (χ0) is 12.0. The SMILES string of the molecule is CCC(Cl)CCNCc1cc(F)cc(Br)c1. The van der Waals surface area contributed by atoms with E-state index in [-0.39, 0.29) is 11.2 Å². The first-order valence-corrected chi connectivity index (χ1v) is 6.64. The van der Waals surface area contributed by atoms with Crippen LogP contribution >= 0.6 is 27.5 Å². The van der Waals surface area contributed by atoms with E-state index >= 15 is 0 Å². The first-order chi connectivity index (χ1) is 7.61. The Bertz CT molecular complexity index is 313. The molecule has 1 aromatic rings. The molecule has 0 radical (unpaired) electrons. The molecule has 1 nitrogen and oxygen atoms in total. The number of nitrogens with one attached hydrogen (secondary N) is 1. The zero-order valence-corrected chi connectivity index (χ0v) is 11.6. The van der Waals surface area contributed by atoms with Crippen LogP contribution in [0, 0.1) is 5.82 Å². The Morgan fingerprint density at radius 2 is 2.19 bits per heavy atom. The van der Waals surface area contributed by atoms with Crippen LogP contribution in [0.15, 0.2) is 22.7 Å². The van der Waals surface area contributed by atoms with Crippen LogP contribution in [0.25, 0.3) is 0 Å². The molecule has 0 aliphatic heterocycles. The van der Waals surface area contributed by atoms with Crippen molar-refractivity contribution in [3.8, 4) is 0 Å². The lowest BCUT2D eigenvalue weighted by molar-refractivity contribution is 0.606. The predicted molar refractivity (Wildman–Crippen MR) is 70.4 cm³/mol. The van der Waals surface area contributed by atoms with Gasteiger partial charge in [-0.05, 0) is 43.1 Å². The smallest absolute Gasteiger partial charge is 0.124 e. The summed E-state index contributed by atoms with van der Waals surface area (Å²) in [6.07, 6.45) is 1.92. The predicted octanol–water partition coefficient (Wildman–Crippen LogP) is 4.09. The van der Waals surface area contributed by atoms with Crippen LogP contribution in [-0.4, -0.2) is 11.9 Å². The molecule has 16 heavy (non-hydrogen) atoms. The topological polar surface area (TPSA) is 12.0 Å². The number of hydrogen-bond acceptors (Lipinski definition) is 1. The van der Waals surface area contributed by atoms with Crippen molar-refractivity contribution in [1.29, 1.82) is 0 Å². The van der Waals surface area contributed by atoms with Gasteiger partial charge in [0.05, 0.1) is 0 Å². The maximum atomic E-state index is 13.0. The van der Waals surface area contributed by atoms with Crippen LogP contribution in [0.1, 0.15) is 25.3 Å². The average molecular weight is 309 g/mol. The molecule has 90 valence electrons. The van der Waals surface area contributed by atoms with Crippen molar-refractivity contribution in [3.05, 3.63) is 34.1 Å². The summed E-state index contributed by atoms with van der Waals surface area (Å²) in [5.74, 6) is -0.213. The molecule has 1 aromatic carbocycles. The first-order valence-electron chi connectivity index (χ1n) is 5.41. The normalized spacial score (nSPS) is 12.8. The van der Waals surface area contributed by atoms with Gasteiger partial charge in [0.25, 0.3) is 0 Å². The largest absolute Gasteiger partial charge is 0.313 e. The van der Waals surface area contributed by atoms with Gasteiger partial charge in [-0.15, -0.1) is 11.6 Å². The van der Waals surface area contributed by atoms with Gasteiger partial charge in [0.1, 0.15) is 5.82 Å². The second kappa shape index (κ2) is 7.25. The number of benzene rings is 1. The molecule has 1 rings (SSSR count). The van der Waals surface area contributed by atoms with Gasteiger partial charge in [-0.3, -0.25) is 0 Å². The van der Waals surface area contributed by atoms with Crippen molar-refractivity contribution >= 4 is 27.5 Å². The van der Waals surface area contributed by atoms with E-state index < -0.39 is 0 Å². The van der Waals surface area contributed by atoms with Crippen molar-refractivity contribution < 1.29 is 4.39 Å². The fraction of sp³-hybridized carbons (Fsp3) is 0.500. The molecule has 1 N–H and O–H groups in total. The summed E-state index contributed by atoms with van der Waals surface area (Å²) < 4.78 is 13.8. The molecule has 0 bridgehead atoms. The van der Waals surface area contributed by atoms with Crippen LogP contribution in [0.2, 0.25) is 0 Å². The van der Waals surface area contributed by atoms with Gasteiger partial charge in [0.15, 0.2) is 0 Å². The summed E-state index contributed by atoms with van der Waals surface area (Å²) in [6, 6.07) is 4.90. The monoisotopic (exact) mass is 307 g/mol. The summed E-state index contributed by atoms with van der Waals surface area (Å²) in [5, 5.41) is 3.48. The van der Waals surface area contributed by atoms with E-state index in [4.69, 9.17) is 11.6 Å². The van der Waals surface area contributed by atoms with E-state index in [1.165, 1.54) is 12.1 Å². The van der Waals surface area contributed by atoms with Gasteiger partial charge in [0, 0.05) is 16.4 Å². The minimum atomic E-state index is -0.213. The standard InChI is InChI=1S/C12H16BrClFN/c1-2-11(14)3-4-16-8-9-5-10(13)7-12(15)6-9/h5-7,11,16H,2-4,8H2,1H3. The van der Waals surface area contributed by atoms with Crippen molar-refractivity contribution in [2.45, 2.75) is 31.7 Å². The molecule has 0 aromatic heterocycles. The maximum absolute atomic E-state index is 13.0. The fourth-order valence-corrected chi connectivity index (χ4v) is 2.03. The van der Waals surface area contributed by atoms with E-state index in [1.54, 1.807) is 0 Å². The van der Waals surface area contributed by atoms with E-state index in [2.05, 4.69) is 28.2 Å². The maximum Gasteiger partial charge on any atom is 0.124 e. The summed E-state index contributed by atoms with van der Waals surface area (Å²) >= 11 is 9.26. The molecule has 0 amide bonds. The van der Waals surface area contributed by atoms with Gasteiger partial charge < -0.3 is 5.32 Å². The molecule has 0 spiro atoms. The Morgan fingerprint density at radius 3 is 2.81 bits per heavy atom. The highest BCUT2D eigenvalue weighted by atomic mass is 79.9. The molecule has 0 saturated carbocycles. The Morgan fingerprint density at radius 1 is 1.44 bits per heavy atom. The minimum absolute atomic E-state index is 0.213. The number of halogens is 3. The van der Waals surface area contributed by atoms with Gasteiger partial charge in [0.2, 0.25) is 0 Å². The summed E-state index contributed by atoms with van der Waals surface area (Å²) in [6.45, 7) is 3.60. The molecular formula is C12H16BrClFN. The highest BCUT2D eigenvalue weighted by Crippen LogP contribution is 2.14. The second-order valence-corrected chi connectivity index (χ2v) is 5.28. The Hall–Kier alpha value is -0.120. The molecular weight excluding hydrogens is 292 g/mol. The summed E-state index contributed by atoms with van der Waals surface area (Å²) in [5.41, 5.74) is 0.939.